The van der Waals surface area contributed by atoms with Crippen LogP contribution in [-0.2, 0) is 24.2 Å². The normalized spacial score (nSPS) is 13.9. The van der Waals surface area contributed by atoms with Crippen LogP contribution < -0.4 is 15.5 Å². The molecule has 1 aromatic heterocycles. The van der Waals surface area contributed by atoms with Crippen LogP contribution in [0.3, 0.4) is 0 Å². The second-order valence-electron chi connectivity index (χ2n) is 7.38. The van der Waals surface area contributed by atoms with Crippen molar-refractivity contribution in [3.63, 3.8) is 0 Å². The maximum Gasteiger partial charge on any atom is 0.238 e. The molecule has 3 aromatic rings. The summed E-state index contributed by atoms with van der Waals surface area (Å²) in [5.74, 6) is 0.584. The number of hydrogen-bond acceptors (Lipinski definition) is 4. The third-order valence-electron chi connectivity index (χ3n) is 5.47. The number of carbonyl (C=O) groups excluding carboxylic acids is 1. The zero-order valence-electron chi connectivity index (χ0n) is 16.7. The van der Waals surface area contributed by atoms with Gasteiger partial charge in [0, 0.05) is 47.4 Å². The van der Waals surface area contributed by atoms with Crippen molar-refractivity contribution in [1.29, 1.82) is 0 Å². The maximum atomic E-state index is 13.0. The van der Waals surface area contributed by atoms with Gasteiger partial charge in [-0.3, -0.25) is 14.5 Å². The van der Waals surface area contributed by atoms with Crippen molar-refractivity contribution in [2.24, 2.45) is 0 Å². The lowest BCUT2D eigenvalue weighted by atomic mass is 10.0. The summed E-state index contributed by atoms with van der Waals surface area (Å²) in [7, 11) is 1.59. The van der Waals surface area contributed by atoms with Gasteiger partial charge in [0.15, 0.2) is 5.43 Å². The van der Waals surface area contributed by atoms with E-state index in [1.165, 1.54) is 5.56 Å². The summed E-state index contributed by atoms with van der Waals surface area (Å²) in [6.07, 6.45) is 1.68. The molecule has 0 aliphatic carbocycles. The van der Waals surface area contributed by atoms with Crippen LogP contribution in [0.1, 0.15) is 23.7 Å². The number of anilines is 1. The van der Waals surface area contributed by atoms with Gasteiger partial charge in [0.2, 0.25) is 5.91 Å². The number of amides is 1. The molecule has 0 spiro atoms. The van der Waals surface area contributed by atoms with Gasteiger partial charge in [0.1, 0.15) is 5.75 Å². The van der Waals surface area contributed by atoms with E-state index in [4.69, 9.17) is 4.74 Å². The van der Waals surface area contributed by atoms with E-state index in [0.717, 1.165) is 35.4 Å². The van der Waals surface area contributed by atoms with Crippen molar-refractivity contribution in [2.45, 2.75) is 26.3 Å². The molecule has 29 heavy (non-hydrogen) atoms. The summed E-state index contributed by atoms with van der Waals surface area (Å²) in [6.45, 7) is 3.54. The summed E-state index contributed by atoms with van der Waals surface area (Å²) < 4.78 is 5.25. The number of aromatic nitrogens is 1. The average molecular weight is 391 g/mol. The lowest BCUT2D eigenvalue weighted by Gasteiger charge is -2.28. The summed E-state index contributed by atoms with van der Waals surface area (Å²) in [6, 6.07) is 13.4. The molecule has 2 aromatic carbocycles. The Morgan fingerprint density at radius 2 is 2.00 bits per heavy atom. The van der Waals surface area contributed by atoms with Crippen molar-refractivity contribution in [3.8, 4) is 5.75 Å². The van der Waals surface area contributed by atoms with Gasteiger partial charge in [-0.05, 0) is 42.3 Å². The first-order chi connectivity index (χ1) is 14.1. The number of aromatic amines is 1. The largest absolute Gasteiger partial charge is 0.497 e. The highest BCUT2D eigenvalue weighted by Gasteiger charge is 2.22. The molecular formula is C23H25N3O3. The van der Waals surface area contributed by atoms with Gasteiger partial charge in [-0.2, -0.15) is 0 Å². The molecule has 0 saturated heterocycles. The van der Waals surface area contributed by atoms with Crippen LogP contribution in [0.4, 0.5) is 5.69 Å². The lowest BCUT2D eigenvalue weighted by Crippen LogP contribution is -2.39. The fraction of sp³-hybridized carbons (Fsp3) is 0.304. The monoisotopic (exact) mass is 391 g/mol. The van der Waals surface area contributed by atoms with Crippen molar-refractivity contribution < 1.29 is 9.53 Å². The standard InChI is InChI=1S/C23H25N3O3/c1-3-15-4-6-16(7-5-15)24-22(27)14-26-11-10-21-19(13-26)23(28)18-12-17(29-2)8-9-20(18)25-21/h4-9,12H,3,10-11,13-14H2,1-2H3,(H,24,27)(H,25,28). The molecule has 2 heterocycles. The minimum absolute atomic E-state index is 0.00733. The van der Waals surface area contributed by atoms with Gasteiger partial charge in [-0.1, -0.05) is 19.1 Å². The van der Waals surface area contributed by atoms with E-state index in [1.54, 1.807) is 13.2 Å². The quantitative estimate of drug-likeness (QED) is 0.701. The number of methoxy groups -OCH3 is 1. The minimum atomic E-state index is -0.0726. The number of nitrogens with zero attached hydrogens (tertiary/aromatic N) is 1. The van der Waals surface area contributed by atoms with Crippen LogP contribution in [0.5, 0.6) is 5.75 Å². The summed E-state index contributed by atoms with van der Waals surface area (Å²) >= 11 is 0. The lowest BCUT2D eigenvalue weighted by molar-refractivity contribution is -0.117. The Morgan fingerprint density at radius 3 is 2.72 bits per heavy atom. The van der Waals surface area contributed by atoms with E-state index in [2.05, 4.69) is 17.2 Å². The number of pyridine rings is 1. The molecule has 0 atom stereocenters. The average Bonchev–Trinajstić information content (AvgIpc) is 2.74. The Kier molecular flexibility index (Phi) is 5.36. The van der Waals surface area contributed by atoms with E-state index < -0.39 is 0 Å². The van der Waals surface area contributed by atoms with Crippen molar-refractivity contribution in [1.82, 2.24) is 9.88 Å². The van der Waals surface area contributed by atoms with Crippen molar-refractivity contribution >= 4 is 22.5 Å². The van der Waals surface area contributed by atoms with Crippen LogP contribution in [0, 0.1) is 0 Å². The van der Waals surface area contributed by atoms with Gasteiger partial charge in [-0.15, -0.1) is 0 Å². The summed E-state index contributed by atoms with van der Waals surface area (Å²) in [4.78, 5) is 30.9. The zero-order valence-corrected chi connectivity index (χ0v) is 16.7. The fourth-order valence-electron chi connectivity index (χ4n) is 3.80. The van der Waals surface area contributed by atoms with Crippen LogP contribution in [-0.4, -0.2) is 36.0 Å². The van der Waals surface area contributed by atoms with Crippen LogP contribution in [0.2, 0.25) is 0 Å². The maximum absolute atomic E-state index is 13.0. The number of ether oxygens (including phenoxy) is 1. The Balaban J connectivity index is 1.49. The molecular weight excluding hydrogens is 366 g/mol. The molecule has 0 unspecified atom stereocenters. The molecule has 6 heteroatoms. The number of H-pyrrole nitrogens is 1. The van der Waals surface area contributed by atoms with Crippen molar-refractivity contribution in [3.05, 3.63) is 69.5 Å². The number of rotatable bonds is 5. The van der Waals surface area contributed by atoms with Crippen LogP contribution >= 0.6 is 0 Å². The van der Waals surface area contributed by atoms with Gasteiger partial charge in [-0.25, -0.2) is 0 Å². The minimum Gasteiger partial charge on any atom is -0.497 e. The number of nitrogens with one attached hydrogen (secondary N) is 2. The number of benzene rings is 2. The number of carbonyl (C=O) groups is 1. The molecule has 2 N–H and O–H groups in total. The van der Waals surface area contributed by atoms with Gasteiger partial charge >= 0.3 is 0 Å². The predicted octanol–water partition coefficient (Wildman–Crippen LogP) is 3.10. The van der Waals surface area contributed by atoms with Crippen LogP contribution in [0.15, 0.2) is 47.3 Å². The molecule has 4 rings (SSSR count). The Labute approximate surface area is 169 Å². The SMILES string of the molecule is CCc1ccc(NC(=O)CN2CCc3[nH]c4ccc(OC)cc4c(=O)c3C2)cc1. The Bertz CT molecular complexity index is 1100. The third-order valence-corrected chi connectivity index (χ3v) is 5.47. The zero-order chi connectivity index (χ0) is 20.4. The molecule has 1 aliphatic rings. The molecule has 6 nitrogen and oxygen atoms in total. The molecule has 0 fully saturated rings. The summed E-state index contributed by atoms with van der Waals surface area (Å²) in [5.41, 5.74) is 4.54. The van der Waals surface area contributed by atoms with E-state index in [0.29, 0.717) is 24.1 Å². The van der Waals surface area contributed by atoms with E-state index in [-0.39, 0.29) is 17.9 Å². The molecule has 1 aliphatic heterocycles. The number of aryl methyl sites for hydroxylation is 1. The van der Waals surface area contributed by atoms with E-state index >= 15 is 0 Å². The molecule has 150 valence electrons. The first-order valence-corrected chi connectivity index (χ1v) is 9.90. The Hall–Kier alpha value is -3.12. The smallest absolute Gasteiger partial charge is 0.238 e. The second kappa shape index (κ2) is 8.09. The first kappa shape index (κ1) is 19.2. The third kappa shape index (κ3) is 4.03. The van der Waals surface area contributed by atoms with Gasteiger partial charge in [0.05, 0.1) is 13.7 Å². The fourth-order valence-corrected chi connectivity index (χ4v) is 3.80. The molecule has 0 bridgehead atoms. The van der Waals surface area contributed by atoms with E-state index in [1.807, 2.05) is 41.3 Å². The van der Waals surface area contributed by atoms with Crippen molar-refractivity contribution in [2.75, 3.05) is 25.5 Å². The predicted molar refractivity (Wildman–Crippen MR) is 115 cm³/mol. The first-order valence-electron chi connectivity index (χ1n) is 9.90. The molecule has 1 amide bonds. The number of hydrogen-bond donors (Lipinski definition) is 2. The van der Waals surface area contributed by atoms with E-state index in [9.17, 15) is 9.59 Å². The number of fused-ring (bicyclic) bond motifs is 2. The summed E-state index contributed by atoms with van der Waals surface area (Å²) in [5, 5.41) is 3.56. The molecule has 0 saturated carbocycles. The van der Waals surface area contributed by atoms with Crippen LogP contribution in [0.25, 0.3) is 10.9 Å². The second-order valence-corrected chi connectivity index (χ2v) is 7.38. The topological polar surface area (TPSA) is 74.4 Å². The highest BCUT2D eigenvalue weighted by atomic mass is 16.5. The highest BCUT2D eigenvalue weighted by molar-refractivity contribution is 5.92. The van der Waals surface area contributed by atoms with Gasteiger partial charge in [0.25, 0.3) is 0 Å². The highest BCUT2D eigenvalue weighted by Crippen LogP contribution is 2.21. The molecule has 0 radical (unpaired) electrons. The Morgan fingerprint density at radius 1 is 1.21 bits per heavy atom. The van der Waals surface area contributed by atoms with Gasteiger partial charge < -0.3 is 15.0 Å².